The molecule has 1 rings (SSSR count). The molecule has 0 aromatic carbocycles. The van der Waals surface area contributed by atoms with Gasteiger partial charge in [0, 0.05) is 6.61 Å². The van der Waals surface area contributed by atoms with Crippen molar-refractivity contribution in [3.05, 3.63) is 0 Å². The monoisotopic (exact) mass is 172 g/mol. The average molecular weight is 172 g/mol. The van der Waals surface area contributed by atoms with Crippen molar-refractivity contribution in [1.82, 2.24) is 0 Å². The summed E-state index contributed by atoms with van der Waals surface area (Å²) in [5.41, 5.74) is -0.736. The smallest absolute Gasteiger partial charge is 0.311 e. The van der Waals surface area contributed by atoms with Crippen molar-refractivity contribution in [1.29, 1.82) is 0 Å². The Labute approximate surface area is 72.7 Å². The van der Waals surface area contributed by atoms with E-state index in [0.717, 1.165) is 19.3 Å². The van der Waals surface area contributed by atoms with Crippen molar-refractivity contribution in [2.75, 3.05) is 6.61 Å². The molecule has 1 aliphatic rings. The van der Waals surface area contributed by atoms with Crippen LogP contribution in [-0.4, -0.2) is 23.8 Å². The van der Waals surface area contributed by atoms with Crippen molar-refractivity contribution < 1.29 is 14.6 Å². The summed E-state index contributed by atoms with van der Waals surface area (Å²) in [6.45, 7) is 4.16. The molecule has 70 valence electrons. The summed E-state index contributed by atoms with van der Waals surface area (Å²) in [5.74, 6) is -0.769. The zero-order chi connectivity index (χ0) is 9.19. The molecule has 0 spiro atoms. The average Bonchev–Trinajstić information content (AvgIpc) is 2.06. The molecule has 1 unspecified atom stereocenters. The van der Waals surface area contributed by atoms with Gasteiger partial charge >= 0.3 is 5.97 Å². The van der Waals surface area contributed by atoms with Crippen LogP contribution < -0.4 is 0 Å². The maximum absolute atomic E-state index is 10.8. The third kappa shape index (κ3) is 1.78. The highest BCUT2D eigenvalue weighted by atomic mass is 16.5. The second-order valence-corrected chi connectivity index (χ2v) is 3.88. The van der Waals surface area contributed by atoms with Gasteiger partial charge in [0.2, 0.25) is 0 Å². The van der Waals surface area contributed by atoms with Crippen LogP contribution in [0.2, 0.25) is 0 Å². The number of rotatable bonds is 2. The topological polar surface area (TPSA) is 46.5 Å². The number of hydrogen-bond acceptors (Lipinski definition) is 2. The first-order chi connectivity index (χ1) is 5.55. The Morgan fingerprint density at radius 1 is 1.50 bits per heavy atom. The number of carbonyl (C=O) groups is 1. The fourth-order valence-corrected chi connectivity index (χ4v) is 1.45. The van der Waals surface area contributed by atoms with E-state index in [1.54, 1.807) is 13.8 Å². The molecular formula is C9H16O3. The Morgan fingerprint density at radius 3 is 2.58 bits per heavy atom. The minimum absolute atomic E-state index is 0.108. The van der Waals surface area contributed by atoms with Gasteiger partial charge in [-0.15, -0.1) is 0 Å². The van der Waals surface area contributed by atoms with Crippen LogP contribution in [0.5, 0.6) is 0 Å². The molecule has 1 N–H and O–H groups in total. The molecule has 3 nitrogen and oxygen atoms in total. The van der Waals surface area contributed by atoms with Crippen LogP contribution in [0.15, 0.2) is 0 Å². The van der Waals surface area contributed by atoms with E-state index >= 15 is 0 Å². The van der Waals surface area contributed by atoms with Crippen molar-refractivity contribution >= 4 is 5.97 Å². The number of hydrogen-bond donors (Lipinski definition) is 1. The highest BCUT2D eigenvalue weighted by Crippen LogP contribution is 2.30. The predicted octanol–water partition coefficient (Wildman–Crippen LogP) is 1.67. The van der Waals surface area contributed by atoms with Gasteiger partial charge < -0.3 is 9.84 Å². The third-order valence-corrected chi connectivity index (χ3v) is 2.54. The highest BCUT2D eigenvalue weighted by molar-refractivity contribution is 5.74. The lowest BCUT2D eigenvalue weighted by atomic mass is 9.83. The number of carboxylic acids is 1. The van der Waals surface area contributed by atoms with E-state index in [1.165, 1.54) is 0 Å². The van der Waals surface area contributed by atoms with Gasteiger partial charge in [-0.05, 0) is 33.1 Å². The molecule has 1 heterocycles. The highest BCUT2D eigenvalue weighted by Gasteiger charge is 2.38. The van der Waals surface area contributed by atoms with Crippen LogP contribution in [0, 0.1) is 5.41 Å². The fraction of sp³-hybridized carbons (Fsp3) is 0.889. The molecule has 0 saturated carbocycles. The second-order valence-electron chi connectivity index (χ2n) is 3.88. The fourth-order valence-electron chi connectivity index (χ4n) is 1.45. The molecule has 1 aliphatic heterocycles. The molecule has 0 aromatic heterocycles. The van der Waals surface area contributed by atoms with Gasteiger partial charge in [0.15, 0.2) is 0 Å². The van der Waals surface area contributed by atoms with Crippen LogP contribution in [0.4, 0.5) is 0 Å². The molecule has 0 radical (unpaired) electrons. The minimum atomic E-state index is -0.769. The molecule has 0 amide bonds. The molecular weight excluding hydrogens is 156 g/mol. The van der Waals surface area contributed by atoms with Gasteiger partial charge in [-0.1, -0.05) is 0 Å². The molecule has 12 heavy (non-hydrogen) atoms. The van der Waals surface area contributed by atoms with Crippen molar-refractivity contribution in [3.63, 3.8) is 0 Å². The largest absolute Gasteiger partial charge is 0.481 e. The van der Waals surface area contributed by atoms with Crippen LogP contribution >= 0.6 is 0 Å². The van der Waals surface area contributed by atoms with E-state index in [0.29, 0.717) is 6.61 Å². The molecule has 1 saturated heterocycles. The predicted molar refractivity (Wildman–Crippen MR) is 45.0 cm³/mol. The van der Waals surface area contributed by atoms with Gasteiger partial charge in [0.25, 0.3) is 0 Å². The zero-order valence-electron chi connectivity index (χ0n) is 7.67. The van der Waals surface area contributed by atoms with Gasteiger partial charge in [-0.2, -0.15) is 0 Å². The Morgan fingerprint density at radius 2 is 2.17 bits per heavy atom. The zero-order valence-corrected chi connectivity index (χ0v) is 7.67. The number of carboxylic acid groups (broad SMARTS) is 1. The van der Waals surface area contributed by atoms with Crippen LogP contribution in [0.1, 0.15) is 33.1 Å². The first-order valence-electron chi connectivity index (χ1n) is 4.40. The Balaban J connectivity index is 2.59. The summed E-state index contributed by atoms with van der Waals surface area (Å²) in [6.07, 6.45) is 2.91. The van der Waals surface area contributed by atoms with E-state index in [-0.39, 0.29) is 6.10 Å². The Hall–Kier alpha value is -0.570. The molecule has 0 aromatic rings. The summed E-state index contributed by atoms with van der Waals surface area (Å²) >= 11 is 0. The van der Waals surface area contributed by atoms with E-state index in [4.69, 9.17) is 9.84 Å². The molecule has 1 fully saturated rings. The summed E-state index contributed by atoms with van der Waals surface area (Å²) in [6, 6.07) is 0. The quantitative estimate of drug-likeness (QED) is 0.689. The Kier molecular flexibility index (Phi) is 2.73. The number of ether oxygens (including phenoxy) is 1. The first kappa shape index (κ1) is 9.52. The molecule has 1 atom stereocenters. The minimum Gasteiger partial charge on any atom is -0.481 e. The standard InChI is InChI=1S/C9H16O3/c1-9(2,8(10)11)7-5-3-4-6-12-7/h7H,3-6H2,1-2H3,(H,10,11). The maximum Gasteiger partial charge on any atom is 0.311 e. The van der Waals surface area contributed by atoms with E-state index in [9.17, 15) is 4.79 Å². The van der Waals surface area contributed by atoms with Gasteiger partial charge in [-0.25, -0.2) is 0 Å². The molecule has 0 bridgehead atoms. The molecule has 0 aliphatic carbocycles. The summed E-state index contributed by atoms with van der Waals surface area (Å²) in [7, 11) is 0. The SMILES string of the molecule is CC(C)(C(=O)O)C1CCCCO1. The maximum atomic E-state index is 10.8. The van der Waals surface area contributed by atoms with Crippen LogP contribution in [0.25, 0.3) is 0 Å². The van der Waals surface area contributed by atoms with Gasteiger partial charge in [-0.3, -0.25) is 4.79 Å². The molecule has 3 heteroatoms. The van der Waals surface area contributed by atoms with E-state index in [1.807, 2.05) is 0 Å². The lowest BCUT2D eigenvalue weighted by Crippen LogP contribution is -2.40. The normalized spacial score (nSPS) is 25.3. The lowest BCUT2D eigenvalue weighted by molar-refractivity contribution is -0.159. The summed E-state index contributed by atoms with van der Waals surface area (Å²) in [4.78, 5) is 10.8. The Bertz CT molecular complexity index is 169. The summed E-state index contributed by atoms with van der Waals surface area (Å²) in [5, 5.41) is 8.91. The number of aliphatic carboxylic acids is 1. The van der Waals surface area contributed by atoms with E-state index in [2.05, 4.69) is 0 Å². The van der Waals surface area contributed by atoms with Crippen LogP contribution in [-0.2, 0) is 9.53 Å². The van der Waals surface area contributed by atoms with Crippen LogP contribution in [0.3, 0.4) is 0 Å². The van der Waals surface area contributed by atoms with E-state index < -0.39 is 11.4 Å². The van der Waals surface area contributed by atoms with Crippen molar-refractivity contribution in [2.45, 2.75) is 39.2 Å². The van der Waals surface area contributed by atoms with Gasteiger partial charge in [0.05, 0.1) is 11.5 Å². The lowest BCUT2D eigenvalue weighted by Gasteiger charge is -2.33. The third-order valence-electron chi connectivity index (χ3n) is 2.54. The second kappa shape index (κ2) is 3.44. The van der Waals surface area contributed by atoms with Gasteiger partial charge in [0.1, 0.15) is 0 Å². The first-order valence-corrected chi connectivity index (χ1v) is 4.40. The van der Waals surface area contributed by atoms with Crippen molar-refractivity contribution in [3.8, 4) is 0 Å². The summed E-state index contributed by atoms with van der Waals surface area (Å²) < 4.78 is 5.42. The van der Waals surface area contributed by atoms with Crippen molar-refractivity contribution in [2.24, 2.45) is 5.41 Å².